The molecule has 148 valence electrons. The quantitative estimate of drug-likeness (QED) is 0.633. The summed E-state index contributed by atoms with van der Waals surface area (Å²) in [5.74, 6) is 1.04. The molecular formula is C21H20N4O3S. The summed E-state index contributed by atoms with van der Waals surface area (Å²) in [5, 5.41) is 18.1. The minimum atomic E-state index is -0.424. The molecule has 3 rings (SSSR count). The van der Waals surface area contributed by atoms with Gasteiger partial charge in [0.1, 0.15) is 17.6 Å². The van der Waals surface area contributed by atoms with Crippen LogP contribution in [0.25, 0.3) is 0 Å². The molecule has 0 saturated heterocycles. The largest absolute Gasteiger partial charge is 0.497 e. The van der Waals surface area contributed by atoms with Gasteiger partial charge in [-0.1, -0.05) is 12.1 Å². The van der Waals surface area contributed by atoms with Gasteiger partial charge >= 0.3 is 0 Å². The van der Waals surface area contributed by atoms with Crippen molar-refractivity contribution in [2.45, 2.75) is 13.0 Å². The molecule has 2 aromatic rings. The first kappa shape index (κ1) is 20.2. The molecule has 0 radical (unpaired) electrons. The Hall–Kier alpha value is -3.57. The average Bonchev–Trinajstić information content (AvgIpc) is 2.72. The fraction of sp³-hybridized carbons (Fsp3) is 0.190. The first-order valence-corrected chi connectivity index (χ1v) is 9.26. The van der Waals surface area contributed by atoms with Gasteiger partial charge < -0.3 is 25.4 Å². The number of nitrogens with zero attached hydrogens (tertiary/aromatic N) is 1. The topological polar surface area (TPSA) is 95.4 Å². The lowest BCUT2D eigenvalue weighted by molar-refractivity contribution is -0.113. The number of methoxy groups -OCH3 is 1. The fourth-order valence-electron chi connectivity index (χ4n) is 2.99. The maximum absolute atomic E-state index is 13.0. The molecule has 0 fully saturated rings. The standard InChI is InChI=1S/C21H20N4O3S/c1-13-18(20(26)24-15-5-9-16(27-2)10-6-15)19(25-21(29)23-13)14-3-7-17(8-4-14)28-12-11-22/h3-10,19H,12H2,1-2H3,(H,24,26)(H2,23,25,29)/t19-/m1/s1. The van der Waals surface area contributed by atoms with Crippen molar-refractivity contribution in [3.63, 3.8) is 0 Å². The number of hydrogen-bond acceptors (Lipinski definition) is 5. The Balaban J connectivity index is 1.85. The fourth-order valence-corrected chi connectivity index (χ4v) is 3.26. The number of ether oxygens (including phenoxy) is 2. The zero-order valence-electron chi connectivity index (χ0n) is 16.0. The second-order valence-electron chi connectivity index (χ2n) is 6.27. The molecule has 3 N–H and O–H groups in total. The van der Waals surface area contributed by atoms with Crippen LogP contribution in [0.2, 0.25) is 0 Å². The van der Waals surface area contributed by atoms with E-state index in [-0.39, 0.29) is 12.5 Å². The summed E-state index contributed by atoms with van der Waals surface area (Å²) in [4.78, 5) is 13.0. The van der Waals surface area contributed by atoms with Crippen LogP contribution in [0.5, 0.6) is 11.5 Å². The Bertz CT molecular complexity index is 978. The molecule has 7 nitrogen and oxygen atoms in total. The molecule has 0 saturated carbocycles. The molecule has 1 heterocycles. The van der Waals surface area contributed by atoms with E-state index in [1.54, 1.807) is 43.5 Å². The maximum Gasteiger partial charge on any atom is 0.255 e. The molecule has 0 spiro atoms. The summed E-state index contributed by atoms with van der Waals surface area (Å²) in [6.45, 7) is 1.79. The minimum absolute atomic E-state index is 0.0242. The van der Waals surface area contributed by atoms with Crippen LogP contribution in [-0.4, -0.2) is 24.7 Å². The molecule has 1 aliphatic rings. The SMILES string of the molecule is COc1ccc(NC(=O)C2=C(C)NC(=S)N[C@@H]2c2ccc(OCC#N)cc2)cc1. The number of thiocarbonyl (C=S) groups is 1. The third kappa shape index (κ3) is 4.83. The molecule has 1 amide bonds. The molecule has 1 atom stereocenters. The first-order chi connectivity index (χ1) is 14.0. The highest BCUT2D eigenvalue weighted by atomic mass is 32.1. The number of allylic oxidation sites excluding steroid dienone is 1. The Morgan fingerprint density at radius 2 is 1.83 bits per heavy atom. The zero-order chi connectivity index (χ0) is 20.8. The summed E-state index contributed by atoms with van der Waals surface area (Å²) in [7, 11) is 1.59. The van der Waals surface area contributed by atoms with E-state index in [1.807, 2.05) is 25.1 Å². The third-order valence-electron chi connectivity index (χ3n) is 4.38. The van der Waals surface area contributed by atoms with Gasteiger partial charge in [0.2, 0.25) is 0 Å². The number of anilines is 1. The van der Waals surface area contributed by atoms with Crippen molar-refractivity contribution < 1.29 is 14.3 Å². The molecule has 29 heavy (non-hydrogen) atoms. The Kier molecular flexibility index (Phi) is 6.32. The number of carbonyl (C=O) groups excluding carboxylic acids is 1. The third-order valence-corrected chi connectivity index (χ3v) is 4.60. The van der Waals surface area contributed by atoms with Crippen LogP contribution in [0.15, 0.2) is 59.8 Å². The highest BCUT2D eigenvalue weighted by Gasteiger charge is 2.30. The maximum atomic E-state index is 13.0. The predicted molar refractivity (Wildman–Crippen MR) is 113 cm³/mol. The van der Waals surface area contributed by atoms with Crippen molar-refractivity contribution in [1.82, 2.24) is 10.6 Å². The molecular weight excluding hydrogens is 388 g/mol. The average molecular weight is 408 g/mol. The summed E-state index contributed by atoms with van der Waals surface area (Å²) in [5.41, 5.74) is 2.70. The van der Waals surface area contributed by atoms with Crippen LogP contribution < -0.4 is 25.4 Å². The van der Waals surface area contributed by atoms with Crippen molar-refractivity contribution in [2.75, 3.05) is 19.0 Å². The number of nitrogens with one attached hydrogen (secondary N) is 3. The molecule has 1 aliphatic heterocycles. The normalized spacial score (nSPS) is 15.6. The number of nitriles is 1. The van der Waals surface area contributed by atoms with Gasteiger partial charge in [0, 0.05) is 11.4 Å². The smallest absolute Gasteiger partial charge is 0.255 e. The summed E-state index contributed by atoms with van der Waals surface area (Å²) < 4.78 is 10.4. The molecule has 2 aromatic carbocycles. The van der Waals surface area contributed by atoms with Gasteiger partial charge in [-0.25, -0.2) is 0 Å². The monoisotopic (exact) mass is 408 g/mol. The molecule has 0 unspecified atom stereocenters. The Labute approximate surface area is 174 Å². The van der Waals surface area contributed by atoms with Crippen LogP contribution in [-0.2, 0) is 4.79 Å². The lowest BCUT2D eigenvalue weighted by Crippen LogP contribution is -2.45. The summed E-state index contributed by atoms with van der Waals surface area (Å²) in [6, 6.07) is 15.8. The van der Waals surface area contributed by atoms with Crippen LogP contribution in [0.4, 0.5) is 5.69 Å². The van der Waals surface area contributed by atoms with E-state index in [1.165, 1.54) is 0 Å². The Morgan fingerprint density at radius 3 is 2.45 bits per heavy atom. The van der Waals surface area contributed by atoms with Crippen LogP contribution in [0, 0.1) is 11.3 Å². The number of amides is 1. The Morgan fingerprint density at radius 1 is 1.17 bits per heavy atom. The van der Waals surface area contributed by atoms with E-state index in [2.05, 4.69) is 16.0 Å². The number of benzene rings is 2. The van der Waals surface area contributed by atoms with Crippen molar-refractivity contribution in [1.29, 1.82) is 5.26 Å². The molecule has 0 aliphatic carbocycles. The van der Waals surface area contributed by atoms with Crippen molar-refractivity contribution in [3.05, 3.63) is 65.4 Å². The van der Waals surface area contributed by atoms with Gasteiger partial charge in [0.15, 0.2) is 11.7 Å². The van der Waals surface area contributed by atoms with E-state index in [0.29, 0.717) is 33.6 Å². The van der Waals surface area contributed by atoms with Crippen molar-refractivity contribution in [3.8, 4) is 17.6 Å². The van der Waals surface area contributed by atoms with Crippen LogP contribution in [0.1, 0.15) is 18.5 Å². The van der Waals surface area contributed by atoms with Crippen LogP contribution in [0.3, 0.4) is 0 Å². The summed E-state index contributed by atoms with van der Waals surface area (Å²) >= 11 is 5.28. The van der Waals surface area contributed by atoms with Gasteiger partial charge in [-0.05, 0) is 61.1 Å². The second kappa shape index (κ2) is 9.08. The summed E-state index contributed by atoms with van der Waals surface area (Å²) in [6.07, 6.45) is 0. The highest BCUT2D eigenvalue weighted by molar-refractivity contribution is 7.80. The van der Waals surface area contributed by atoms with E-state index >= 15 is 0 Å². The van der Waals surface area contributed by atoms with Gasteiger partial charge in [0.25, 0.3) is 5.91 Å². The van der Waals surface area contributed by atoms with Crippen LogP contribution >= 0.6 is 12.2 Å². The minimum Gasteiger partial charge on any atom is -0.497 e. The number of rotatable bonds is 6. The van der Waals surface area contributed by atoms with Gasteiger partial charge in [-0.3, -0.25) is 4.79 Å². The lowest BCUT2D eigenvalue weighted by atomic mass is 9.95. The van der Waals surface area contributed by atoms with Gasteiger partial charge in [0.05, 0.1) is 18.7 Å². The van der Waals surface area contributed by atoms with E-state index < -0.39 is 6.04 Å². The number of carbonyl (C=O) groups is 1. The molecule has 0 bridgehead atoms. The van der Waals surface area contributed by atoms with Gasteiger partial charge in [-0.15, -0.1) is 0 Å². The van der Waals surface area contributed by atoms with E-state index in [4.69, 9.17) is 27.0 Å². The zero-order valence-corrected chi connectivity index (χ0v) is 16.8. The number of hydrogen-bond donors (Lipinski definition) is 3. The second-order valence-corrected chi connectivity index (χ2v) is 6.68. The highest BCUT2D eigenvalue weighted by Crippen LogP contribution is 2.29. The van der Waals surface area contributed by atoms with Crippen molar-refractivity contribution in [2.24, 2.45) is 0 Å². The van der Waals surface area contributed by atoms with Gasteiger partial charge in [-0.2, -0.15) is 5.26 Å². The predicted octanol–water partition coefficient (Wildman–Crippen LogP) is 3.03. The molecule has 8 heteroatoms. The van der Waals surface area contributed by atoms with Crippen molar-refractivity contribution >= 4 is 28.9 Å². The first-order valence-electron chi connectivity index (χ1n) is 8.85. The van der Waals surface area contributed by atoms with E-state index in [0.717, 1.165) is 5.56 Å². The van der Waals surface area contributed by atoms with E-state index in [9.17, 15) is 4.79 Å². The lowest BCUT2D eigenvalue weighted by Gasteiger charge is -2.30. The molecule has 0 aromatic heterocycles.